The third kappa shape index (κ3) is 5.37. The second-order valence-electron chi connectivity index (χ2n) is 8.19. The molecule has 36 heavy (non-hydrogen) atoms. The van der Waals surface area contributed by atoms with E-state index in [0.717, 1.165) is 6.42 Å². The van der Waals surface area contributed by atoms with Gasteiger partial charge in [-0.3, -0.25) is 4.57 Å². The third-order valence-corrected chi connectivity index (χ3v) is 7.07. The van der Waals surface area contributed by atoms with E-state index in [0.29, 0.717) is 23.5 Å². The number of aliphatic hydroxyl groups excluding tert-OH is 1. The molecule has 2 unspecified atom stereocenters. The minimum absolute atomic E-state index is 0.128. The van der Waals surface area contributed by atoms with E-state index in [1.807, 2.05) is 30.3 Å². The van der Waals surface area contributed by atoms with Crippen molar-refractivity contribution in [2.45, 2.75) is 30.4 Å². The average molecular weight is 511 g/mol. The number of nitrogens with zero attached hydrogens (tertiary/aromatic N) is 4. The molecule has 2 atom stereocenters. The van der Waals surface area contributed by atoms with Crippen molar-refractivity contribution in [2.75, 3.05) is 25.1 Å². The van der Waals surface area contributed by atoms with Crippen molar-refractivity contribution in [2.24, 2.45) is 0 Å². The number of imidazole rings is 1. The van der Waals surface area contributed by atoms with Gasteiger partial charge >= 0.3 is 0 Å². The van der Waals surface area contributed by atoms with Gasteiger partial charge in [0.2, 0.25) is 16.4 Å². The Balaban J connectivity index is 1.42. The van der Waals surface area contributed by atoms with Gasteiger partial charge in [-0.15, -0.1) is 0 Å². The monoisotopic (exact) mass is 510 g/mol. The average Bonchev–Trinajstić information content (AvgIpc) is 3.56. The zero-order valence-electron chi connectivity index (χ0n) is 19.3. The normalized spacial score (nSPS) is 18.0. The Hall–Kier alpha value is -3.42. The number of fused-ring (bicyclic) bond motifs is 1. The molecular formula is C24H26N6O5S. The molecule has 0 saturated carbocycles. The minimum atomic E-state index is -3.75. The van der Waals surface area contributed by atoms with E-state index >= 15 is 0 Å². The molecule has 188 valence electrons. The molecular weight excluding hydrogens is 484 g/mol. The first-order valence-corrected chi connectivity index (χ1v) is 13.0. The van der Waals surface area contributed by atoms with Gasteiger partial charge in [0.25, 0.3) is 0 Å². The summed E-state index contributed by atoms with van der Waals surface area (Å²) in [4.78, 5) is 13.7. The predicted octanol–water partition coefficient (Wildman–Crippen LogP) is 1.82. The number of benzene rings is 2. The van der Waals surface area contributed by atoms with Crippen LogP contribution in [-0.4, -0.2) is 58.9 Å². The van der Waals surface area contributed by atoms with Crippen LogP contribution in [0, 0.1) is 0 Å². The fourth-order valence-corrected chi connectivity index (χ4v) is 4.81. The number of sulfonamides is 1. The van der Waals surface area contributed by atoms with Crippen molar-refractivity contribution in [3.8, 4) is 0 Å². The van der Waals surface area contributed by atoms with Crippen LogP contribution < -0.4 is 10.0 Å². The first-order chi connectivity index (χ1) is 17.5. The predicted molar refractivity (Wildman–Crippen MR) is 131 cm³/mol. The lowest BCUT2D eigenvalue weighted by molar-refractivity contribution is -0.117. The number of nitrogens with one attached hydrogen (secondary N) is 2. The molecule has 12 heteroatoms. The maximum Gasteiger partial charge on any atom is 0.247 e. The zero-order chi connectivity index (χ0) is 25.0. The van der Waals surface area contributed by atoms with Crippen molar-refractivity contribution in [3.63, 3.8) is 0 Å². The number of hydrogen-bond donors (Lipinski definition) is 3. The first kappa shape index (κ1) is 24.3. The van der Waals surface area contributed by atoms with E-state index in [1.54, 1.807) is 22.8 Å². The number of aromatic nitrogens is 4. The van der Waals surface area contributed by atoms with Crippen molar-refractivity contribution in [1.82, 2.24) is 24.2 Å². The lowest BCUT2D eigenvalue weighted by Gasteiger charge is -2.14. The molecule has 4 aromatic rings. The number of hydrogen-bond acceptors (Lipinski definition) is 9. The van der Waals surface area contributed by atoms with E-state index in [4.69, 9.17) is 9.47 Å². The van der Waals surface area contributed by atoms with Crippen LogP contribution in [0.1, 0.15) is 17.8 Å². The van der Waals surface area contributed by atoms with E-state index in [2.05, 4.69) is 25.0 Å². The molecule has 1 aliphatic rings. The number of anilines is 1. The van der Waals surface area contributed by atoms with Crippen LogP contribution in [-0.2, 0) is 32.5 Å². The maximum absolute atomic E-state index is 12.7. The van der Waals surface area contributed by atoms with Crippen molar-refractivity contribution in [3.05, 3.63) is 78.4 Å². The third-order valence-electron chi connectivity index (χ3n) is 5.65. The fourth-order valence-electron chi connectivity index (χ4n) is 3.81. The van der Waals surface area contributed by atoms with E-state index < -0.39 is 22.5 Å². The SMILES string of the molecule is O=S(=O)(NCc1nc(NCCc2ccccc2)c2ncn(C3OCC(CO)O3)c2n1)c1ccccc1. The standard InChI is InChI=1S/C24H26N6O5S/c31-14-18-15-34-24(35-18)30-16-26-21-22(25-12-11-17-7-3-1-4-8-17)28-20(29-23(21)30)13-27-36(32,33)19-9-5-2-6-10-19/h1-10,16,18,24,27,31H,11-15H2,(H,25,28,29). The quantitative estimate of drug-likeness (QED) is 0.291. The Morgan fingerprint density at radius 3 is 2.53 bits per heavy atom. The molecule has 3 N–H and O–H groups in total. The molecule has 1 fully saturated rings. The van der Waals surface area contributed by atoms with Gasteiger partial charge in [-0.1, -0.05) is 48.5 Å². The van der Waals surface area contributed by atoms with Gasteiger partial charge in [0.15, 0.2) is 17.0 Å². The molecule has 2 aromatic carbocycles. The maximum atomic E-state index is 12.7. The van der Waals surface area contributed by atoms with Crippen molar-refractivity contribution >= 4 is 27.0 Å². The number of aliphatic hydroxyl groups is 1. The Morgan fingerprint density at radius 2 is 1.81 bits per heavy atom. The summed E-state index contributed by atoms with van der Waals surface area (Å²) in [6.07, 6.45) is 1.03. The highest BCUT2D eigenvalue weighted by Gasteiger charge is 2.29. The molecule has 5 rings (SSSR count). The van der Waals surface area contributed by atoms with E-state index in [9.17, 15) is 13.5 Å². The fraction of sp³-hybridized carbons (Fsp3) is 0.292. The van der Waals surface area contributed by atoms with Crippen LogP contribution in [0.3, 0.4) is 0 Å². The Kier molecular flexibility index (Phi) is 7.20. The van der Waals surface area contributed by atoms with Gasteiger partial charge in [-0.2, -0.15) is 0 Å². The van der Waals surface area contributed by atoms with Crippen LogP contribution in [0.15, 0.2) is 71.9 Å². The summed E-state index contributed by atoms with van der Waals surface area (Å²) in [7, 11) is -3.75. The summed E-state index contributed by atoms with van der Waals surface area (Å²) >= 11 is 0. The van der Waals surface area contributed by atoms with Crippen LogP contribution >= 0.6 is 0 Å². The Bertz CT molecular complexity index is 1420. The zero-order valence-corrected chi connectivity index (χ0v) is 20.1. The van der Waals surface area contributed by atoms with Gasteiger partial charge in [0.05, 0.1) is 24.7 Å². The minimum Gasteiger partial charge on any atom is -0.394 e. The highest BCUT2D eigenvalue weighted by molar-refractivity contribution is 7.89. The molecule has 3 heterocycles. The molecule has 1 saturated heterocycles. The molecule has 0 radical (unpaired) electrons. The Morgan fingerprint density at radius 1 is 1.06 bits per heavy atom. The summed E-state index contributed by atoms with van der Waals surface area (Å²) in [6.45, 7) is 0.521. The molecule has 0 amide bonds. The highest BCUT2D eigenvalue weighted by atomic mass is 32.2. The first-order valence-electron chi connectivity index (χ1n) is 11.5. The smallest absolute Gasteiger partial charge is 0.247 e. The lowest BCUT2D eigenvalue weighted by Crippen LogP contribution is -2.25. The largest absolute Gasteiger partial charge is 0.394 e. The topological polar surface area (TPSA) is 140 Å². The summed E-state index contributed by atoms with van der Waals surface area (Å²) < 4.78 is 40.9. The second kappa shape index (κ2) is 10.7. The van der Waals surface area contributed by atoms with Crippen LogP contribution in [0.2, 0.25) is 0 Å². The second-order valence-corrected chi connectivity index (χ2v) is 9.96. The van der Waals surface area contributed by atoms with E-state index in [-0.39, 0.29) is 30.5 Å². The van der Waals surface area contributed by atoms with Gasteiger partial charge in [-0.25, -0.2) is 28.1 Å². The van der Waals surface area contributed by atoms with Crippen LogP contribution in [0.4, 0.5) is 5.82 Å². The lowest BCUT2D eigenvalue weighted by atomic mass is 10.1. The highest BCUT2D eigenvalue weighted by Crippen LogP contribution is 2.27. The summed E-state index contributed by atoms with van der Waals surface area (Å²) in [5, 5.41) is 12.7. The van der Waals surface area contributed by atoms with Gasteiger partial charge in [-0.05, 0) is 24.1 Å². The Labute approximate surface area is 208 Å². The summed E-state index contributed by atoms with van der Waals surface area (Å²) in [6, 6.07) is 18.1. The van der Waals surface area contributed by atoms with Gasteiger partial charge < -0.3 is 19.9 Å². The van der Waals surface area contributed by atoms with E-state index in [1.165, 1.54) is 24.0 Å². The number of ether oxygens (including phenoxy) is 2. The van der Waals surface area contributed by atoms with Gasteiger partial charge in [0, 0.05) is 6.54 Å². The molecule has 1 aliphatic heterocycles. The van der Waals surface area contributed by atoms with Crippen molar-refractivity contribution in [1.29, 1.82) is 0 Å². The molecule has 0 spiro atoms. The number of rotatable bonds is 10. The summed E-state index contributed by atoms with van der Waals surface area (Å²) in [5.74, 6) is 0.725. The molecule has 11 nitrogen and oxygen atoms in total. The van der Waals surface area contributed by atoms with Gasteiger partial charge in [0.1, 0.15) is 18.3 Å². The van der Waals surface area contributed by atoms with Crippen LogP contribution in [0.5, 0.6) is 0 Å². The molecule has 2 aromatic heterocycles. The molecule has 0 aliphatic carbocycles. The summed E-state index contributed by atoms with van der Waals surface area (Å²) in [5.41, 5.74) is 2.08. The van der Waals surface area contributed by atoms with Crippen molar-refractivity contribution < 1.29 is 23.0 Å². The molecule has 0 bridgehead atoms. The van der Waals surface area contributed by atoms with Crippen LogP contribution in [0.25, 0.3) is 11.2 Å².